The Kier molecular flexibility index (Phi) is 7.00. The van der Waals surface area contributed by atoms with E-state index in [4.69, 9.17) is 19.4 Å². The smallest absolute Gasteiger partial charge is 0.337 e. The summed E-state index contributed by atoms with van der Waals surface area (Å²) < 4.78 is 10.2. The van der Waals surface area contributed by atoms with E-state index in [-0.39, 0.29) is 5.97 Å². The Morgan fingerprint density at radius 1 is 0.935 bits per heavy atom. The molecule has 0 bridgehead atoms. The number of rotatable bonds is 7. The van der Waals surface area contributed by atoms with Gasteiger partial charge in [-0.2, -0.15) is 0 Å². The van der Waals surface area contributed by atoms with Crippen molar-refractivity contribution in [3.63, 3.8) is 0 Å². The highest BCUT2D eigenvalue weighted by Crippen LogP contribution is 2.25. The van der Waals surface area contributed by atoms with Gasteiger partial charge in [-0.05, 0) is 58.2 Å². The van der Waals surface area contributed by atoms with Crippen molar-refractivity contribution in [2.24, 2.45) is 0 Å². The normalized spacial score (nSPS) is 11.4. The van der Waals surface area contributed by atoms with Crippen molar-refractivity contribution in [2.45, 2.75) is 52.1 Å². The highest BCUT2D eigenvalue weighted by atomic mass is 16.6. The molecule has 3 aromatic rings. The number of methoxy groups -OCH3 is 1. The van der Waals surface area contributed by atoms with Crippen LogP contribution in [0.15, 0.2) is 48.5 Å². The summed E-state index contributed by atoms with van der Waals surface area (Å²) in [6, 6.07) is 15.0. The molecule has 0 amide bonds. The van der Waals surface area contributed by atoms with Gasteiger partial charge in [0.2, 0.25) is 0 Å². The molecule has 6 nitrogen and oxygen atoms in total. The summed E-state index contributed by atoms with van der Waals surface area (Å²) in [5.74, 6) is -0.591. The molecule has 0 aliphatic rings. The number of esters is 2. The zero-order chi connectivity index (χ0) is 22.4. The first-order chi connectivity index (χ1) is 14.8. The predicted octanol–water partition coefficient (Wildman–Crippen LogP) is 5.14. The maximum absolute atomic E-state index is 12.0. The lowest BCUT2D eigenvalue weighted by Crippen LogP contribution is -2.23. The summed E-state index contributed by atoms with van der Waals surface area (Å²) in [6.07, 6.45) is 2.57. The Hall–Kier alpha value is -3.28. The van der Waals surface area contributed by atoms with Crippen LogP contribution in [0.25, 0.3) is 22.3 Å². The lowest BCUT2D eigenvalue weighted by Gasteiger charge is -2.19. The van der Waals surface area contributed by atoms with Crippen molar-refractivity contribution in [2.75, 3.05) is 7.11 Å². The summed E-state index contributed by atoms with van der Waals surface area (Å²) in [4.78, 5) is 33.5. The van der Waals surface area contributed by atoms with E-state index in [1.807, 2.05) is 51.1 Å². The fourth-order valence-electron chi connectivity index (χ4n) is 3.29. The molecule has 31 heavy (non-hydrogen) atoms. The number of nitrogens with zero attached hydrogens (tertiary/aromatic N) is 2. The number of carbonyl (C=O) groups is 2. The fraction of sp³-hybridized carbons (Fsp3) is 0.360. The van der Waals surface area contributed by atoms with Crippen LogP contribution in [0.4, 0.5) is 0 Å². The van der Waals surface area contributed by atoms with E-state index in [0.717, 1.165) is 28.9 Å². The molecule has 0 unspecified atom stereocenters. The van der Waals surface area contributed by atoms with Crippen molar-refractivity contribution in [3.8, 4) is 11.3 Å². The molecule has 0 fully saturated rings. The van der Waals surface area contributed by atoms with Gasteiger partial charge in [0, 0.05) is 12.0 Å². The first-order valence-electron chi connectivity index (χ1n) is 10.4. The number of aryl methyl sites for hydroxylation is 1. The second-order valence-electron chi connectivity index (χ2n) is 8.37. The SMILES string of the molecule is COC(=O)c1ccc2nc(CCCCC(=O)OC(C)(C)C)c(-c3ccccc3)nc2c1. The highest BCUT2D eigenvalue weighted by molar-refractivity contribution is 5.93. The fourth-order valence-corrected chi connectivity index (χ4v) is 3.29. The molecule has 0 saturated heterocycles. The summed E-state index contributed by atoms with van der Waals surface area (Å²) in [5.41, 5.74) is 3.94. The van der Waals surface area contributed by atoms with E-state index < -0.39 is 11.6 Å². The first-order valence-corrected chi connectivity index (χ1v) is 10.4. The monoisotopic (exact) mass is 420 g/mol. The highest BCUT2D eigenvalue weighted by Gasteiger charge is 2.17. The van der Waals surface area contributed by atoms with Crippen LogP contribution in [-0.2, 0) is 20.7 Å². The molecule has 0 atom stereocenters. The molecule has 0 aliphatic carbocycles. The van der Waals surface area contributed by atoms with E-state index in [1.165, 1.54) is 7.11 Å². The molecule has 0 spiro atoms. The Morgan fingerprint density at radius 2 is 1.68 bits per heavy atom. The van der Waals surface area contributed by atoms with Gasteiger partial charge in [0.05, 0.1) is 35.1 Å². The molecule has 1 aromatic heterocycles. The van der Waals surface area contributed by atoms with Gasteiger partial charge in [0.15, 0.2) is 0 Å². The number of hydrogen-bond donors (Lipinski definition) is 0. The summed E-state index contributed by atoms with van der Waals surface area (Å²) >= 11 is 0. The number of benzene rings is 2. The third-order valence-corrected chi connectivity index (χ3v) is 4.67. The van der Waals surface area contributed by atoms with Gasteiger partial charge in [-0.25, -0.2) is 14.8 Å². The largest absolute Gasteiger partial charge is 0.465 e. The van der Waals surface area contributed by atoms with Crippen LogP contribution in [0.3, 0.4) is 0 Å². The van der Waals surface area contributed by atoms with Crippen LogP contribution in [0.5, 0.6) is 0 Å². The number of fused-ring (bicyclic) bond motifs is 1. The van der Waals surface area contributed by atoms with Crippen molar-refractivity contribution >= 4 is 23.0 Å². The molecular formula is C25H28N2O4. The molecule has 6 heteroatoms. The van der Waals surface area contributed by atoms with E-state index in [0.29, 0.717) is 30.3 Å². The summed E-state index contributed by atoms with van der Waals surface area (Å²) in [5, 5.41) is 0. The number of hydrogen-bond acceptors (Lipinski definition) is 6. The molecule has 0 saturated carbocycles. The minimum atomic E-state index is -0.468. The predicted molar refractivity (Wildman–Crippen MR) is 120 cm³/mol. The van der Waals surface area contributed by atoms with Crippen LogP contribution >= 0.6 is 0 Å². The van der Waals surface area contributed by atoms with Gasteiger partial charge in [-0.1, -0.05) is 30.3 Å². The number of unbranched alkanes of at least 4 members (excludes halogenated alkanes) is 1. The van der Waals surface area contributed by atoms with Crippen LogP contribution in [0.2, 0.25) is 0 Å². The van der Waals surface area contributed by atoms with Crippen molar-refractivity contribution in [1.82, 2.24) is 9.97 Å². The van der Waals surface area contributed by atoms with Gasteiger partial charge < -0.3 is 9.47 Å². The molecular weight excluding hydrogens is 392 g/mol. The van der Waals surface area contributed by atoms with E-state index >= 15 is 0 Å². The summed E-state index contributed by atoms with van der Waals surface area (Å²) in [6.45, 7) is 5.61. The van der Waals surface area contributed by atoms with Gasteiger partial charge in [0.25, 0.3) is 0 Å². The Morgan fingerprint density at radius 3 is 2.35 bits per heavy atom. The third kappa shape index (κ3) is 6.10. The minimum Gasteiger partial charge on any atom is -0.465 e. The van der Waals surface area contributed by atoms with Gasteiger partial charge in [-0.15, -0.1) is 0 Å². The Bertz CT molecular complexity index is 1070. The van der Waals surface area contributed by atoms with Crippen molar-refractivity contribution in [1.29, 1.82) is 0 Å². The summed E-state index contributed by atoms with van der Waals surface area (Å²) in [7, 11) is 1.36. The van der Waals surface area contributed by atoms with E-state index in [9.17, 15) is 9.59 Å². The number of ether oxygens (including phenoxy) is 2. The zero-order valence-corrected chi connectivity index (χ0v) is 18.5. The Balaban J connectivity index is 1.83. The lowest BCUT2D eigenvalue weighted by atomic mass is 10.0. The van der Waals surface area contributed by atoms with Gasteiger partial charge in [-0.3, -0.25) is 4.79 Å². The standard InChI is InChI=1S/C25H28N2O4/c1-25(2,3)31-22(28)13-9-8-12-20-23(17-10-6-5-7-11-17)27-21-16-18(24(29)30-4)14-15-19(21)26-20/h5-7,10-11,14-16H,8-9,12-13H2,1-4H3. The average Bonchev–Trinajstić information content (AvgIpc) is 2.74. The zero-order valence-electron chi connectivity index (χ0n) is 18.5. The molecule has 162 valence electrons. The van der Waals surface area contributed by atoms with Crippen LogP contribution in [-0.4, -0.2) is 34.6 Å². The quantitative estimate of drug-likeness (QED) is 0.389. The molecule has 0 N–H and O–H groups in total. The second kappa shape index (κ2) is 9.69. The third-order valence-electron chi connectivity index (χ3n) is 4.67. The topological polar surface area (TPSA) is 78.4 Å². The second-order valence-corrected chi connectivity index (χ2v) is 8.37. The lowest BCUT2D eigenvalue weighted by molar-refractivity contribution is -0.154. The van der Waals surface area contributed by atoms with E-state index in [2.05, 4.69) is 0 Å². The van der Waals surface area contributed by atoms with E-state index in [1.54, 1.807) is 18.2 Å². The van der Waals surface area contributed by atoms with Crippen LogP contribution < -0.4 is 0 Å². The minimum absolute atomic E-state index is 0.185. The molecule has 0 aliphatic heterocycles. The maximum atomic E-state index is 12.0. The van der Waals surface area contributed by atoms with Crippen LogP contribution in [0, 0.1) is 0 Å². The van der Waals surface area contributed by atoms with Gasteiger partial charge >= 0.3 is 11.9 Å². The number of aromatic nitrogens is 2. The molecule has 2 aromatic carbocycles. The molecule has 1 heterocycles. The van der Waals surface area contributed by atoms with Crippen LogP contribution in [0.1, 0.15) is 56.1 Å². The van der Waals surface area contributed by atoms with Crippen molar-refractivity contribution in [3.05, 3.63) is 59.8 Å². The Labute approximate surface area is 182 Å². The average molecular weight is 421 g/mol. The maximum Gasteiger partial charge on any atom is 0.337 e. The molecule has 0 radical (unpaired) electrons. The number of carbonyl (C=O) groups excluding carboxylic acids is 2. The molecule has 3 rings (SSSR count). The van der Waals surface area contributed by atoms with Crippen molar-refractivity contribution < 1.29 is 19.1 Å². The first kappa shape index (κ1) is 22.4. The van der Waals surface area contributed by atoms with Gasteiger partial charge in [0.1, 0.15) is 5.60 Å².